The van der Waals surface area contributed by atoms with Crippen LogP contribution in [0.25, 0.3) is 0 Å². The van der Waals surface area contributed by atoms with Crippen LogP contribution in [0.4, 0.5) is 4.39 Å². The monoisotopic (exact) mass is 291 g/mol. The molecule has 0 aliphatic heterocycles. The molecule has 4 heteroatoms. The second-order valence-corrected chi connectivity index (χ2v) is 5.71. The molecule has 0 aromatic heterocycles. The van der Waals surface area contributed by atoms with Crippen molar-refractivity contribution in [1.82, 2.24) is 0 Å². The predicted octanol–water partition coefficient (Wildman–Crippen LogP) is 4.50. The van der Waals surface area contributed by atoms with E-state index in [4.69, 9.17) is 10.5 Å². The van der Waals surface area contributed by atoms with Crippen molar-refractivity contribution in [3.63, 3.8) is 0 Å². The Labute approximate surface area is 123 Å². The molecule has 106 valence electrons. The van der Waals surface area contributed by atoms with Gasteiger partial charge in [-0.3, -0.25) is 0 Å². The van der Waals surface area contributed by atoms with Crippen LogP contribution in [0.5, 0.6) is 11.5 Å². The van der Waals surface area contributed by atoms with E-state index in [-0.39, 0.29) is 11.6 Å². The van der Waals surface area contributed by atoms with Crippen LogP contribution in [0.15, 0.2) is 41.3 Å². The molecular weight excluding hydrogens is 273 g/mol. The molecule has 0 saturated carbocycles. The van der Waals surface area contributed by atoms with Crippen LogP contribution in [-0.4, -0.2) is 5.75 Å². The number of rotatable bonds is 5. The summed E-state index contributed by atoms with van der Waals surface area (Å²) in [5.74, 6) is 1.44. The Morgan fingerprint density at radius 3 is 2.70 bits per heavy atom. The Morgan fingerprint density at radius 1 is 1.20 bits per heavy atom. The number of aryl methyl sites for hydroxylation is 1. The predicted molar refractivity (Wildman–Crippen MR) is 81.9 cm³/mol. The van der Waals surface area contributed by atoms with Crippen LogP contribution >= 0.6 is 11.8 Å². The summed E-state index contributed by atoms with van der Waals surface area (Å²) in [5, 5.41) is 0. The van der Waals surface area contributed by atoms with Gasteiger partial charge in [0.1, 0.15) is 5.75 Å². The SMILES string of the molecule is CCSc1cccc(Oc2cc(C)ccc2F)c1CN. The summed E-state index contributed by atoms with van der Waals surface area (Å²) in [6.07, 6.45) is 0. The molecule has 0 spiro atoms. The van der Waals surface area contributed by atoms with Crippen molar-refractivity contribution in [3.05, 3.63) is 53.3 Å². The maximum Gasteiger partial charge on any atom is 0.165 e. The first-order chi connectivity index (χ1) is 9.65. The lowest BCUT2D eigenvalue weighted by Crippen LogP contribution is -2.02. The second kappa shape index (κ2) is 6.77. The fraction of sp³-hybridized carbons (Fsp3) is 0.250. The van der Waals surface area contributed by atoms with Gasteiger partial charge in [-0.25, -0.2) is 4.39 Å². The van der Waals surface area contributed by atoms with E-state index in [2.05, 4.69) is 6.92 Å². The Kier molecular flexibility index (Phi) is 5.04. The van der Waals surface area contributed by atoms with Crippen LogP contribution < -0.4 is 10.5 Å². The lowest BCUT2D eigenvalue weighted by atomic mass is 10.2. The van der Waals surface area contributed by atoms with Crippen molar-refractivity contribution in [2.24, 2.45) is 5.73 Å². The number of ether oxygens (including phenoxy) is 1. The van der Waals surface area contributed by atoms with E-state index < -0.39 is 0 Å². The van der Waals surface area contributed by atoms with Gasteiger partial charge in [0, 0.05) is 17.0 Å². The van der Waals surface area contributed by atoms with Crippen LogP contribution in [-0.2, 0) is 6.54 Å². The highest BCUT2D eigenvalue weighted by molar-refractivity contribution is 7.99. The number of halogens is 1. The Morgan fingerprint density at radius 2 is 2.00 bits per heavy atom. The van der Waals surface area contributed by atoms with Gasteiger partial charge < -0.3 is 10.5 Å². The Hall–Kier alpha value is -1.52. The molecule has 2 rings (SSSR count). The minimum absolute atomic E-state index is 0.235. The standard InChI is InChI=1S/C16H18FNOS/c1-3-20-16-6-4-5-14(12(16)10-18)19-15-9-11(2)7-8-13(15)17/h4-9H,3,10,18H2,1-2H3. The fourth-order valence-electron chi connectivity index (χ4n) is 1.94. The normalized spacial score (nSPS) is 10.6. The van der Waals surface area contributed by atoms with Crippen LogP contribution in [0.3, 0.4) is 0 Å². The minimum atomic E-state index is -0.368. The number of benzene rings is 2. The average Bonchev–Trinajstić information content (AvgIpc) is 2.43. The van der Waals surface area contributed by atoms with Crippen molar-refractivity contribution in [1.29, 1.82) is 0 Å². The maximum atomic E-state index is 13.8. The summed E-state index contributed by atoms with van der Waals surface area (Å²) in [6, 6.07) is 10.6. The summed E-state index contributed by atoms with van der Waals surface area (Å²) in [4.78, 5) is 1.08. The van der Waals surface area contributed by atoms with Crippen molar-refractivity contribution in [2.75, 3.05) is 5.75 Å². The molecule has 2 nitrogen and oxygen atoms in total. The topological polar surface area (TPSA) is 35.2 Å². The summed E-state index contributed by atoms with van der Waals surface area (Å²) in [7, 11) is 0. The zero-order valence-electron chi connectivity index (χ0n) is 11.7. The number of hydrogen-bond acceptors (Lipinski definition) is 3. The molecule has 0 aliphatic rings. The summed E-state index contributed by atoms with van der Waals surface area (Å²) >= 11 is 1.70. The number of thioether (sulfide) groups is 1. The van der Waals surface area contributed by atoms with E-state index in [9.17, 15) is 4.39 Å². The van der Waals surface area contributed by atoms with E-state index in [0.717, 1.165) is 21.8 Å². The molecule has 20 heavy (non-hydrogen) atoms. The minimum Gasteiger partial charge on any atom is -0.454 e. The van der Waals surface area contributed by atoms with Gasteiger partial charge in [-0.05, 0) is 42.5 Å². The summed E-state index contributed by atoms with van der Waals surface area (Å²) < 4.78 is 19.5. The van der Waals surface area contributed by atoms with Gasteiger partial charge in [-0.1, -0.05) is 19.1 Å². The molecule has 0 amide bonds. The Bertz CT molecular complexity index is 601. The van der Waals surface area contributed by atoms with E-state index in [1.54, 1.807) is 23.9 Å². The van der Waals surface area contributed by atoms with E-state index >= 15 is 0 Å². The molecule has 0 heterocycles. The molecule has 0 fully saturated rings. The largest absolute Gasteiger partial charge is 0.454 e. The van der Waals surface area contributed by atoms with Crippen molar-refractivity contribution < 1.29 is 9.13 Å². The van der Waals surface area contributed by atoms with E-state index in [1.807, 2.05) is 25.1 Å². The number of nitrogens with two attached hydrogens (primary N) is 1. The zero-order chi connectivity index (χ0) is 14.5. The highest BCUT2D eigenvalue weighted by atomic mass is 32.2. The van der Waals surface area contributed by atoms with E-state index in [1.165, 1.54) is 6.07 Å². The van der Waals surface area contributed by atoms with Gasteiger partial charge in [0.25, 0.3) is 0 Å². The third-order valence-electron chi connectivity index (χ3n) is 2.90. The first kappa shape index (κ1) is 14.9. The second-order valence-electron chi connectivity index (χ2n) is 4.41. The fourth-order valence-corrected chi connectivity index (χ4v) is 2.78. The summed E-state index contributed by atoms with van der Waals surface area (Å²) in [5.41, 5.74) is 7.69. The molecule has 0 radical (unpaired) electrons. The van der Waals surface area contributed by atoms with Gasteiger partial charge >= 0.3 is 0 Å². The third-order valence-corrected chi connectivity index (χ3v) is 3.88. The van der Waals surface area contributed by atoms with Crippen molar-refractivity contribution in [3.8, 4) is 11.5 Å². The molecule has 0 saturated heterocycles. The third kappa shape index (κ3) is 3.32. The number of hydrogen-bond donors (Lipinski definition) is 1. The lowest BCUT2D eigenvalue weighted by molar-refractivity contribution is 0.436. The molecule has 0 aliphatic carbocycles. The smallest absolute Gasteiger partial charge is 0.165 e. The van der Waals surface area contributed by atoms with Crippen LogP contribution in [0, 0.1) is 12.7 Å². The first-order valence-electron chi connectivity index (χ1n) is 6.54. The molecule has 2 N–H and O–H groups in total. The van der Waals surface area contributed by atoms with Gasteiger partial charge in [0.15, 0.2) is 11.6 Å². The molecular formula is C16H18FNOS. The van der Waals surface area contributed by atoms with Gasteiger partial charge in [-0.15, -0.1) is 11.8 Å². The highest BCUT2D eigenvalue weighted by Crippen LogP contribution is 2.33. The maximum absolute atomic E-state index is 13.8. The summed E-state index contributed by atoms with van der Waals surface area (Å²) in [6.45, 7) is 4.35. The first-order valence-corrected chi connectivity index (χ1v) is 7.53. The van der Waals surface area contributed by atoms with E-state index in [0.29, 0.717) is 12.3 Å². The van der Waals surface area contributed by atoms with Gasteiger partial charge in [0.05, 0.1) is 0 Å². The van der Waals surface area contributed by atoms with Crippen LogP contribution in [0.1, 0.15) is 18.1 Å². The van der Waals surface area contributed by atoms with Gasteiger partial charge in [0.2, 0.25) is 0 Å². The Balaban J connectivity index is 2.37. The quantitative estimate of drug-likeness (QED) is 0.824. The van der Waals surface area contributed by atoms with Crippen LogP contribution in [0.2, 0.25) is 0 Å². The highest BCUT2D eigenvalue weighted by Gasteiger charge is 2.11. The van der Waals surface area contributed by atoms with Gasteiger partial charge in [-0.2, -0.15) is 0 Å². The molecule has 0 atom stereocenters. The molecule has 0 unspecified atom stereocenters. The van der Waals surface area contributed by atoms with Crippen molar-refractivity contribution >= 4 is 11.8 Å². The zero-order valence-corrected chi connectivity index (χ0v) is 12.5. The molecule has 2 aromatic carbocycles. The average molecular weight is 291 g/mol. The lowest BCUT2D eigenvalue weighted by Gasteiger charge is -2.14. The molecule has 2 aromatic rings. The van der Waals surface area contributed by atoms with Crippen molar-refractivity contribution in [2.45, 2.75) is 25.3 Å². The molecule has 0 bridgehead atoms.